The van der Waals surface area contributed by atoms with E-state index in [2.05, 4.69) is 20.8 Å². The summed E-state index contributed by atoms with van der Waals surface area (Å²) in [4.78, 5) is 2.05. The van der Waals surface area contributed by atoms with Gasteiger partial charge < -0.3 is 10.0 Å². The Bertz CT molecular complexity index is 557. The molecule has 1 aliphatic rings. The molecule has 1 heterocycles. The van der Waals surface area contributed by atoms with Gasteiger partial charge in [0.15, 0.2) is 9.84 Å². The third-order valence-corrected chi connectivity index (χ3v) is 5.54. The number of nitrogens with zero attached hydrogens (tertiary/aromatic N) is 1. The van der Waals surface area contributed by atoms with Crippen molar-refractivity contribution in [2.24, 2.45) is 0 Å². The van der Waals surface area contributed by atoms with Gasteiger partial charge in [-0.15, -0.1) is 0 Å². The van der Waals surface area contributed by atoms with Crippen LogP contribution in [0.25, 0.3) is 0 Å². The number of hydrogen-bond acceptors (Lipinski definition) is 4. The fraction of sp³-hybridized carbons (Fsp3) is 0.538. The maximum absolute atomic E-state index is 11.6. The molecule has 6 heteroatoms. The summed E-state index contributed by atoms with van der Waals surface area (Å²) in [6.07, 6.45) is 0.0600. The van der Waals surface area contributed by atoms with Crippen LogP contribution in [0.2, 0.25) is 0 Å². The zero-order valence-electron chi connectivity index (χ0n) is 10.8. The van der Waals surface area contributed by atoms with Gasteiger partial charge in [0.25, 0.3) is 0 Å². The highest BCUT2D eigenvalue weighted by Gasteiger charge is 2.21. The van der Waals surface area contributed by atoms with Gasteiger partial charge >= 0.3 is 0 Å². The molecule has 0 radical (unpaired) electrons. The molecule has 0 aliphatic carbocycles. The zero-order chi connectivity index (χ0) is 14.0. The van der Waals surface area contributed by atoms with Crippen LogP contribution in [0, 0.1) is 0 Å². The van der Waals surface area contributed by atoms with Gasteiger partial charge in [0.1, 0.15) is 0 Å². The SMILES string of the molecule is CC(O)c1cc(Br)ccc1N1CCCS(=O)(=O)CC1. The lowest BCUT2D eigenvalue weighted by molar-refractivity contribution is 0.199. The topological polar surface area (TPSA) is 57.6 Å². The quantitative estimate of drug-likeness (QED) is 0.890. The van der Waals surface area contributed by atoms with Crippen LogP contribution in [-0.2, 0) is 9.84 Å². The number of aliphatic hydroxyl groups is 1. The third-order valence-electron chi connectivity index (χ3n) is 3.34. The number of hydrogen-bond donors (Lipinski definition) is 1. The Kier molecular flexibility index (Phi) is 4.53. The minimum Gasteiger partial charge on any atom is -0.389 e. The standard InChI is InChI=1S/C13H18BrNO3S/c1-10(16)12-9-11(14)3-4-13(12)15-5-2-7-19(17,18)8-6-15/h3-4,9-10,16H,2,5-8H2,1H3. The lowest BCUT2D eigenvalue weighted by atomic mass is 10.1. The maximum atomic E-state index is 11.6. The second kappa shape index (κ2) is 5.81. The molecule has 0 amide bonds. The molecule has 2 rings (SSSR count). The molecule has 19 heavy (non-hydrogen) atoms. The van der Waals surface area contributed by atoms with Crippen molar-refractivity contribution in [2.45, 2.75) is 19.4 Å². The molecular formula is C13H18BrNO3S. The largest absolute Gasteiger partial charge is 0.389 e. The van der Waals surface area contributed by atoms with Crippen LogP contribution < -0.4 is 4.90 Å². The molecule has 0 aromatic heterocycles. The number of benzene rings is 1. The molecule has 0 saturated carbocycles. The number of sulfone groups is 1. The Morgan fingerprint density at radius 1 is 1.32 bits per heavy atom. The van der Waals surface area contributed by atoms with E-state index in [9.17, 15) is 13.5 Å². The van der Waals surface area contributed by atoms with Crippen molar-refractivity contribution in [3.05, 3.63) is 28.2 Å². The van der Waals surface area contributed by atoms with E-state index in [1.165, 1.54) is 0 Å². The van der Waals surface area contributed by atoms with Gasteiger partial charge in [0, 0.05) is 28.8 Å². The molecular weight excluding hydrogens is 330 g/mol. The van der Waals surface area contributed by atoms with E-state index in [1.807, 2.05) is 18.2 Å². The van der Waals surface area contributed by atoms with Crippen LogP contribution in [0.15, 0.2) is 22.7 Å². The Morgan fingerprint density at radius 2 is 2.05 bits per heavy atom. The number of halogens is 1. The summed E-state index contributed by atoms with van der Waals surface area (Å²) < 4.78 is 24.2. The third kappa shape index (κ3) is 3.70. The predicted octanol–water partition coefficient (Wildman–Crippen LogP) is 2.13. The van der Waals surface area contributed by atoms with Gasteiger partial charge in [-0.05, 0) is 31.5 Å². The average Bonchev–Trinajstić information content (AvgIpc) is 2.50. The van der Waals surface area contributed by atoms with Gasteiger partial charge in [-0.1, -0.05) is 15.9 Å². The van der Waals surface area contributed by atoms with E-state index >= 15 is 0 Å². The Labute approximate surface area is 122 Å². The number of aliphatic hydroxyl groups excluding tert-OH is 1. The minimum absolute atomic E-state index is 0.183. The van der Waals surface area contributed by atoms with E-state index in [-0.39, 0.29) is 11.5 Å². The first kappa shape index (κ1) is 14.8. The first-order chi connectivity index (χ1) is 8.89. The van der Waals surface area contributed by atoms with Crippen LogP contribution in [0.5, 0.6) is 0 Å². The van der Waals surface area contributed by atoms with Crippen LogP contribution in [-0.4, -0.2) is 38.1 Å². The van der Waals surface area contributed by atoms with Crippen molar-refractivity contribution in [2.75, 3.05) is 29.5 Å². The molecule has 1 atom stereocenters. The minimum atomic E-state index is -2.91. The number of rotatable bonds is 2. The summed E-state index contributed by atoms with van der Waals surface area (Å²) in [6, 6.07) is 5.74. The molecule has 1 fully saturated rings. The van der Waals surface area contributed by atoms with E-state index in [0.717, 1.165) is 15.7 Å². The fourth-order valence-corrected chi connectivity index (χ4v) is 3.98. The summed E-state index contributed by atoms with van der Waals surface area (Å²) in [6.45, 7) is 2.92. The molecule has 0 bridgehead atoms. The van der Waals surface area contributed by atoms with E-state index in [0.29, 0.717) is 19.5 Å². The van der Waals surface area contributed by atoms with Crippen molar-refractivity contribution in [3.63, 3.8) is 0 Å². The lowest BCUT2D eigenvalue weighted by Gasteiger charge is -2.26. The van der Waals surface area contributed by atoms with Gasteiger partial charge in [-0.25, -0.2) is 8.42 Å². The first-order valence-electron chi connectivity index (χ1n) is 6.32. The Hall–Kier alpha value is -0.590. The summed E-state index contributed by atoms with van der Waals surface area (Å²) in [7, 11) is -2.91. The van der Waals surface area contributed by atoms with Crippen molar-refractivity contribution >= 4 is 31.5 Å². The Morgan fingerprint density at radius 3 is 2.74 bits per heavy atom. The van der Waals surface area contributed by atoms with E-state index < -0.39 is 15.9 Å². The predicted molar refractivity (Wildman–Crippen MR) is 80.3 cm³/mol. The number of anilines is 1. The molecule has 106 valence electrons. The Balaban J connectivity index is 2.31. The van der Waals surface area contributed by atoms with E-state index in [1.54, 1.807) is 6.92 Å². The second-order valence-corrected chi connectivity index (χ2v) is 8.09. The highest BCUT2D eigenvalue weighted by Crippen LogP contribution is 2.30. The molecule has 1 saturated heterocycles. The highest BCUT2D eigenvalue weighted by molar-refractivity contribution is 9.10. The zero-order valence-corrected chi connectivity index (χ0v) is 13.2. The fourth-order valence-electron chi connectivity index (χ4n) is 2.33. The van der Waals surface area contributed by atoms with Gasteiger partial charge in [0.2, 0.25) is 0 Å². The normalized spacial score (nSPS) is 20.9. The molecule has 1 aromatic carbocycles. The molecule has 0 spiro atoms. The van der Waals surface area contributed by atoms with Crippen molar-refractivity contribution in [1.29, 1.82) is 0 Å². The van der Waals surface area contributed by atoms with Crippen LogP contribution in [0.1, 0.15) is 25.0 Å². The molecule has 1 unspecified atom stereocenters. The van der Waals surface area contributed by atoms with Crippen molar-refractivity contribution in [3.8, 4) is 0 Å². The maximum Gasteiger partial charge on any atom is 0.152 e. The van der Waals surface area contributed by atoms with Crippen LogP contribution >= 0.6 is 15.9 Å². The van der Waals surface area contributed by atoms with Crippen LogP contribution in [0.3, 0.4) is 0 Å². The van der Waals surface area contributed by atoms with E-state index in [4.69, 9.17) is 0 Å². The average molecular weight is 348 g/mol. The van der Waals surface area contributed by atoms with Crippen molar-refractivity contribution < 1.29 is 13.5 Å². The summed E-state index contributed by atoms with van der Waals surface area (Å²) in [5, 5.41) is 9.87. The van der Waals surface area contributed by atoms with Gasteiger partial charge in [-0.2, -0.15) is 0 Å². The second-order valence-electron chi connectivity index (χ2n) is 4.87. The monoisotopic (exact) mass is 347 g/mol. The lowest BCUT2D eigenvalue weighted by Crippen LogP contribution is -2.28. The summed E-state index contributed by atoms with van der Waals surface area (Å²) in [5.74, 6) is 0.437. The first-order valence-corrected chi connectivity index (χ1v) is 8.93. The van der Waals surface area contributed by atoms with Crippen LogP contribution in [0.4, 0.5) is 5.69 Å². The summed E-state index contributed by atoms with van der Waals surface area (Å²) in [5.41, 5.74) is 1.75. The molecule has 4 nitrogen and oxygen atoms in total. The smallest absolute Gasteiger partial charge is 0.152 e. The van der Waals surface area contributed by atoms with Gasteiger partial charge in [0.05, 0.1) is 17.6 Å². The van der Waals surface area contributed by atoms with Crippen molar-refractivity contribution in [1.82, 2.24) is 0 Å². The molecule has 1 aromatic rings. The van der Waals surface area contributed by atoms with Gasteiger partial charge in [-0.3, -0.25) is 0 Å². The highest BCUT2D eigenvalue weighted by atomic mass is 79.9. The summed E-state index contributed by atoms with van der Waals surface area (Å²) >= 11 is 3.40. The molecule has 1 aliphatic heterocycles. The molecule has 1 N–H and O–H groups in total.